The highest BCUT2D eigenvalue weighted by Gasteiger charge is 2.62. The standard InChI is InChI=1S/C12H8BrFN2O3/c13-7-2-1-6(14)5-8(7)16-10(18)12(3-4-12)9(17)15-11(16)19/h1-2,5H,3-4H2,(H,15,17,19). The summed E-state index contributed by atoms with van der Waals surface area (Å²) in [7, 11) is 0. The van der Waals surface area contributed by atoms with Gasteiger partial charge >= 0.3 is 6.03 Å². The highest BCUT2D eigenvalue weighted by Crippen LogP contribution is 2.50. The number of hydrogen-bond donors (Lipinski definition) is 1. The molecule has 1 aromatic rings. The van der Waals surface area contributed by atoms with E-state index in [4.69, 9.17) is 0 Å². The van der Waals surface area contributed by atoms with Crippen molar-refractivity contribution in [2.24, 2.45) is 5.41 Å². The zero-order valence-electron chi connectivity index (χ0n) is 9.57. The van der Waals surface area contributed by atoms with Crippen LogP contribution in [0.2, 0.25) is 0 Å². The summed E-state index contributed by atoms with van der Waals surface area (Å²) in [5, 5.41) is 2.14. The van der Waals surface area contributed by atoms with Crippen LogP contribution in [-0.4, -0.2) is 17.8 Å². The van der Waals surface area contributed by atoms with Crippen LogP contribution in [0.3, 0.4) is 0 Å². The molecule has 1 aliphatic carbocycles. The van der Waals surface area contributed by atoms with E-state index in [1.807, 2.05) is 0 Å². The topological polar surface area (TPSA) is 66.5 Å². The number of urea groups is 1. The fourth-order valence-corrected chi connectivity index (χ4v) is 2.54. The Bertz CT molecular complexity index is 627. The minimum atomic E-state index is -1.14. The van der Waals surface area contributed by atoms with Crippen molar-refractivity contribution >= 4 is 39.5 Å². The zero-order chi connectivity index (χ0) is 13.8. The van der Waals surface area contributed by atoms with Crippen LogP contribution in [-0.2, 0) is 9.59 Å². The van der Waals surface area contributed by atoms with E-state index < -0.39 is 29.1 Å². The van der Waals surface area contributed by atoms with Crippen molar-refractivity contribution in [2.45, 2.75) is 12.8 Å². The maximum atomic E-state index is 13.3. The third-order valence-corrected chi connectivity index (χ3v) is 4.04. The third kappa shape index (κ3) is 1.68. The number of carbonyl (C=O) groups is 3. The van der Waals surface area contributed by atoms with Crippen molar-refractivity contribution in [1.29, 1.82) is 0 Å². The number of hydrogen-bond acceptors (Lipinski definition) is 3. The number of rotatable bonds is 1. The molecule has 1 heterocycles. The average molecular weight is 327 g/mol. The van der Waals surface area contributed by atoms with Gasteiger partial charge < -0.3 is 0 Å². The first-order valence-electron chi connectivity index (χ1n) is 5.61. The predicted molar refractivity (Wildman–Crippen MR) is 66.8 cm³/mol. The third-order valence-electron chi connectivity index (χ3n) is 3.37. The molecule has 19 heavy (non-hydrogen) atoms. The molecule has 1 aliphatic heterocycles. The Balaban J connectivity index is 2.08. The Labute approximate surface area is 115 Å². The minimum absolute atomic E-state index is 0.0984. The van der Waals surface area contributed by atoms with Crippen molar-refractivity contribution < 1.29 is 18.8 Å². The molecule has 0 aromatic heterocycles. The molecule has 1 spiro atoms. The second kappa shape index (κ2) is 3.86. The van der Waals surface area contributed by atoms with E-state index in [1.165, 1.54) is 12.1 Å². The van der Waals surface area contributed by atoms with Gasteiger partial charge in [-0.2, -0.15) is 0 Å². The molecule has 7 heteroatoms. The molecule has 0 bridgehead atoms. The number of imide groups is 2. The van der Waals surface area contributed by atoms with Gasteiger partial charge in [-0.05, 0) is 47.0 Å². The summed E-state index contributed by atoms with van der Waals surface area (Å²) in [5.74, 6) is -1.72. The number of nitrogens with one attached hydrogen (secondary N) is 1. The number of carbonyl (C=O) groups excluding carboxylic acids is 3. The number of halogens is 2. The van der Waals surface area contributed by atoms with Crippen molar-refractivity contribution in [3.63, 3.8) is 0 Å². The maximum Gasteiger partial charge on any atom is 0.335 e. The number of nitrogens with zero attached hydrogens (tertiary/aromatic N) is 1. The molecular formula is C12H8BrFN2O3. The molecule has 2 fully saturated rings. The summed E-state index contributed by atoms with van der Waals surface area (Å²) in [6.07, 6.45) is 0.822. The molecule has 0 atom stereocenters. The van der Waals surface area contributed by atoms with Crippen molar-refractivity contribution in [2.75, 3.05) is 4.90 Å². The predicted octanol–water partition coefficient (Wildman–Crippen LogP) is 1.95. The van der Waals surface area contributed by atoms with Gasteiger partial charge in [-0.3, -0.25) is 14.9 Å². The first-order valence-corrected chi connectivity index (χ1v) is 6.40. The maximum absolute atomic E-state index is 13.3. The first kappa shape index (κ1) is 12.3. The van der Waals surface area contributed by atoms with Gasteiger partial charge in [0.25, 0.3) is 5.91 Å². The SMILES string of the molecule is O=C1NC(=O)C2(CC2)C(=O)N1c1cc(F)ccc1Br. The molecule has 2 aliphatic rings. The van der Waals surface area contributed by atoms with Gasteiger partial charge in [-0.1, -0.05) is 0 Å². The van der Waals surface area contributed by atoms with Crippen LogP contribution in [0.1, 0.15) is 12.8 Å². The molecule has 5 nitrogen and oxygen atoms in total. The smallest absolute Gasteiger partial charge is 0.276 e. The van der Waals surface area contributed by atoms with Crippen LogP contribution >= 0.6 is 15.9 Å². The first-order chi connectivity index (χ1) is 8.95. The van der Waals surface area contributed by atoms with E-state index in [-0.39, 0.29) is 5.69 Å². The van der Waals surface area contributed by atoms with E-state index in [0.29, 0.717) is 17.3 Å². The summed E-state index contributed by atoms with van der Waals surface area (Å²) >= 11 is 3.17. The van der Waals surface area contributed by atoms with E-state index in [1.54, 1.807) is 0 Å². The molecule has 0 radical (unpaired) electrons. The van der Waals surface area contributed by atoms with Crippen LogP contribution in [0.15, 0.2) is 22.7 Å². The monoisotopic (exact) mass is 326 g/mol. The minimum Gasteiger partial charge on any atom is -0.276 e. The van der Waals surface area contributed by atoms with Crippen LogP contribution in [0.5, 0.6) is 0 Å². The Kier molecular flexibility index (Phi) is 2.50. The van der Waals surface area contributed by atoms with Gasteiger partial charge in [0.1, 0.15) is 11.2 Å². The lowest BCUT2D eigenvalue weighted by Gasteiger charge is -2.30. The highest BCUT2D eigenvalue weighted by atomic mass is 79.9. The van der Waals surface area contributed by atoms with E-state index in [9.17, 15) is 18.8 Å². The summed E-state index contributed by atoms with van der Waals surface area (Å²) < 4.78 is 13.7. The lowest BCUT2D eigenvalue weighted by molar-refractivity contribution is -0.136. The molecule has 0 unspecified atom stereocenters. The molecule has 98 valence electrons. The van der Waals surface area contributed by atoms with E-state index in [0.717, 1.165) is 11.0 Å². The highest BCUT2D eigenvalue weighted by molar-refractivity contribution is 9.10. The van der Waals surface area contributed by atoms with Gasteiger partial charge in [0.2, 0.25) is 5.91 Å². The van der Waals surface area contributed by atoms with Gasteiger partial charge in [0.05, 0.1) is 5.69 Å². The second-order valence-corrected chi connectivity index (χ2v) is 5.43. The molecule has 1 N–H and O–H groups in total. The van der Waals surface area contributed by atoms with E-state index in [2.05, 4.69) is 21.2 Å². The Morgan fingerprint density at radius 3 is 2.58 bits per heavy atom. The molecule has 1 saturated carbocycles. The van der Waals surface area contributed by atoms with Gasteiger partial charge in [0, 0.05) is 4.47 Å². The number of amides is 4. The average Bonchev–Trinajstić information content (AvgIpc) is 3.13. The molecule has 4 amide bonds. The number of barbiturate groups is 1. The number of anilines is 1. The normalized spacial score (nSPS) is 20.7. The van der Waals surface area contributed by atoms with Crippen molar-refractivity contribution in [3.05, 3.63) is 28.5 Å². The largest absolute Gasteiger partial charge is 0.335 e. The lowest BCUT2D eigenvalue weighted by atomic mass is 10.0. The van der Waals surface area contributed by atoms with Crippen LogP contribution in [0, 0.1) is 11.2 Å². The quantitative estimate of drug-likeness (QED) is 0.802. The number of benzene rings is 1. The molecule has 1 aromatic carbocycles. The molecule has 1 saturated heterocycles. The van der Waals surface area contributed by atoms with Gasteiger partial charge in [-0.15, -0.1) is 0 Å². The van der Waals surface area contributed by atoms with E-state index >= 15 is 0 Å². The summed E-state index contributed by atoms with van der Waals surface area (Å²) in [5.41, 5.74) is -1.04. The summed E-state index contributed by atoms with van der Waals surface area (Å²) in [6, 6.07) is 2.84. The molecular weight excluding hydrogens is 319 g/mol. The van der Waals surface area contributed by atoms with Crippen LogP contribution in [0.4, 0.5) is 14.9 Å². The van der Waals surface area contributed by atoms with Crippen LogP contribution in [0.25, 0.3) is 0 Å². The fourth-order valence-electron chi connectivity index (χ4n) is 2.12. The van der Waals surface area contributed by atoms with Crippen molar-refractivity contribution in [3.8, 4) is 0 Å². The van der Waals surface area contributed by atoms with Crippen molar-refractivity contribution in [1.82, 2.24) is 5.32 Å². The summed E-state index contributed by atoms with van der Waals surface area (Å²) in [4.78, 5) is 36.6. The Morgan fingerprint density at radius 2 is 1.95 bits per heavy atom. The fraction of sp³-hybridized carbons (Fsp3) is 0.250. The summed E-state index contributed by atoms with van der Waals surface area (Å²) in [6.45, 7) is 0. The molecule has 3 rings (SSSR count). The Morgan fingerprint density at radius 1 is 1.26 bits per heavy atom. The Hall–Kier alpha value is -1.76. The van der Waals surface area contributed by atoms with Crippen LogP contribution < -0.4 is 10.2 Å². The van der Waals surface area contributed by atoms with Gasteiger partial charge in [-0.25, -0.2) is 14.1 Å². The second-order valence-electron chi connectivity index (χ2n) is 4.58. The lowest BCUT2D eigenvalue weighted by Crippen LogP contribution is -2.59. The zero-order valence-corrected chi connectivity index (χ0v) is 11.2. The van der Waals surface area contributed by atoms with Gasteiger partial charge in [0.15, 0.2) is 0 Å².